The van der Waals surface area contributed by atoms with Crippen LogP contribution in [0.15, 0.2) is 5.38 Å². The van der Waals surface area contributed by atoms with Crippen LogP contribution < -0.4 is 5.32 Å². The van der Waals surface area contributed by atoms with Crippen molar-refractivity contribution in [1.82, 2.24) is 15.2 Å². The van der Waals surface area contributed by atoms with E-state index >= 15 is 0 Å². The quantitative estimate of drug-likeness (QED) is 0.843. The second-order valence-electron chi connectivity index (χ2n) is 3.89. The highest BCUT2D eigenvalue weighted by Crippen LogP contribution is 2.11. The van der Waals surface area contributed by atoms with Gasteiger partial charge in [0, 0.05) is 31.6 Å². The van der Waals surface area contributed by atoms with Crippen molar-refractivity contribution in [3.63, 3.8) is 0 Å². The van der Waals surface area contributed by atoms with E-state index in [1.807, 2.05) is 10.3 Å². The lowest BCUT2D eigenvalue weighted by molar-refractivity contribution is -0.131. The van der Waals surface area contributed by atoms with Crippen LogP contribution >= 0.6 is 11.3 Å². The molecule has 1 aromatic rings. The highest BCUT2D eigenvalue weighted by Gasteiger charge is 2.17. The molecule has 1 aliphatic heterocycles. The van der Waals surface area contributed by atoms with Crippen LogP contribution in [0.25, 0.3) is 0 Å². The molecule has 0 unspecified atom stereocenters. The fourth-order valence-corrected chi connectivity index (χ4v) is 2.52. The van der Waals surface area contributed by atoms with Gasteiger partial charge in [-0.05, 0) is 6.42 Å². The Morgan fingerprint density at radius 1 is 1.56 bits per heavy atom. The largest absolute Gasteiger partial charge is 0.340 e. The van der Waals surface area contributed by atoms with Gasteiger partial charge in [0.25, 0.3) is 0 Å². The summed E-state index contributed by atoms with van der Waals surface area (Å²) in [4.78, 5) is 18.3. The maximum atomic E-state index is 11.9. The van der Waals surface area contributed by atoms with Crippen LogP contribution in [0.5, 0.6) is 0 Å². The van der Waals surface area contributed by atoms with Gasteiger partial charge < -0.3 is 10.2 Å². The van der Waals surface area contributed by atoms with Gasteiger partial charge in [-0.2, -0.15) is 0 Å². The molecule has 0 radical (unpaired) electrons. The number of hydrogen-bond donors (Lipinski definition) is 1. The fourth-order valence-electron chi connectivity index (χ4n) is 1.77. The van der Waals surface area contributed by atoms with E-state index in [1.165, 1.54) is 0 Å². The molecule has 2 heterocycles. The molecule has 2 rings (SSSR count). The van der Waals surface area contributed by atoms with E-state index in [4.69, 9.17) is 0 Å². The normalized spacial score (nSPS) is 16.4. The Hall–Kier alpha value is -0.940. The smallest absolute Gasteiger partial charge is 0.228 e. The third kappa shape index (κ3) is 2.80. The lowest BCUT2D eigenvalue weighted by atomic mass is 10.2. The summed E-state index contributed by atoms with van der Waals surface area (Å²) >= 11 is 1.64. The minimum Gasteiger partial charge on any atom is -0.340 e. The number of aryl methyl sites for hydroxylation is 1. The van der Waals surface area contributed by atoms with Crippen molar-refractivity contribution in [2.45, 2.75) is 19.8 Å². The predicted molar refractivity (Wildman–Crippen MR) is 64.6 cm³/mol. The first-order valence-electron chi connectivity index (χ1n) is 5.71. The molecule has 1 fully saturated rings. The van der Waals surface area contributed by atoms with Crippen LogP contribution in [0.3, 0.4) is 0 Å². The predicted octanol–water partition coefficient (Wildman–Crippen LogP) is 0.680. The van der Waals surface area contributed by atoms with Gasteiger partial charge in [-0.25, -0.2) is 4.98 Å². The number of nitrogens with one attached hydrogen (secondary N) is 1. The Labute approximate surface area is 99.7 Å². The van der Waals surface area contributed by atoms with Crippen molar-refractivity contribution in [3.05, 3.63) is 16.1 Å². The number of hydrogen-bond acceptors (Lipinski definition) is 4. The zero-order valence-electron chi connectivity index (χ0n) is 9.53. The molecule has 1 aliphatic rings. The lowest BCUT2D eigenvalue weighted by Gasteiger charge is -2.27. The third-order valence-corrected chi connectivity index (χ3v) is 3.75. The van der Waals surface area contributed by atoms with E-state index in [9.17, 15) is 4.79 Å². The number of thiazole rings is 1. The maximum absolute atomic E-state index is 11.9. The highest BCUT2D eigenvalue weighted by molar-refractivity contribution is 7.09. The van der Waals surface area contributed by atoms with Crippen molar-refractivity contribution >= 4 is 17.2 Å². The first-order valence-corrected chi connectivity index (χ1v) is 6.59. The van der Waals surface area contributed by atoms with Crippen LogP contribution in [0.4, 0.5) is 0 Å². The van der Waals surface area contributed by atoms with Crippen LogP contribution in [0.2, 0.25) is 0 Å². The molecule has 1 amide bonds. The fraction of sp³-hybridized carbons (Fsp3) is 0.636. The van der Waals surface area contributed by atoms with Gasteiger partial charge in [-0.15, -0.1) is 11.3 Å². The van der Waals surface area contributed by atoms with E-state index in [-0.39, 0.29) is 5.91 Å². The molecule has 0 saturated carbocycles. The zero-order chi connectivity index (χ0) is 11.4. The average molecular weight is 239 g/mol. The van der Waals surface area contributed by atoms with Crippen molar-refractivity contribution in [3.8, 4) is 0 Å². The molecule has 0 atom stereocenters. The topological polar surface area (TPSA) is 45.2 Å². The molecule has 0 bridgehead atoms. The number of rotatable bonds is 3. The molecule has 1 saturated heterocycles. The molecular formula is C11H17N3OS. The Balaban J connectivity index is 1.90. The van der Waals surface area contributed by atoms with E-state index in [2.05, 4.69) is 17.2 Å². The van der Waals surface area contributed by atoms with Gasteiger partial charge in [0.1, 0.15) is 0 Å². The Bertz CT molecular complexity index is 358. The molecular weight excluding hydrogens is 222 g/mol. The average Bonchev–Trinajstić information content (AvgIpc) is 2.78. The van der Waals surface area contributed by atoms with Gasteiger partial charge in [-0.3, -0.25) is 4.79 Å². The van der Waals surface area contributed by atoms with Gasteiger partial charge >= 0.3 is 0 Å². The number of carbonyl (C=O) groups is 1. The molecule has 1 aromatic heterocycles. The Morgan fingerprint density at radius 2 is 2.31 bits per heavy atom. The third-order valence-electron chi connectivity index (χ3n) is 2.70. The number of piperazine rings is 1. The molecule has 88 valence electrons. The molecule has 5 heteroatoms. The summed E-state index contributed by atoms with van der Waals surface area (Å²) in [6.45, 7) is 5.54. The second-order valence-corrected chi connectivity index (χ2v) is 4.84. The minimum absolute atomic E-state index is 0.203. The number of carbonyl (C=O) groups excluding carboxylic acids is 1. The maximum Gasteiger partial charge on any atom is 0.228 e. The summed E-state index contributed by atoms with van der Waals surface area (Å²) in [5, 5.41) is 6.35. The first kappa shape index (κ1) is 11.5. The molecule has 16 heavy (non-hydrogen) atoms. The van der Waals surface area contributed by atoms with E-state index < -0.39 is 0 Å². The van der Waals surface area contributed by atoms with Crippen LogP contribution in [0, 0.1) is 0 Å². The van der Waals surface area contributed by atoms with Crippen molar-refractivity contribution in [2.75, 3.05) is 26.2 Å². The highest BCUT2D eigenvalue weighted by atomic mass is 32.1. The van der Waals surface area contributed by atoms with Crippen molar-refractivity contribution < 1.29 is 4.79 Å². The molecule has 0 aliphatic carbocycles. The van der Waals surface area contributed by atoms with Gasteiger partial charge in [0.15, 0.2) is 0 Å². The number of nitrogens with zero attached hydrogens (tertiary/aromatic N) is 2. The number of amides is 1. The molecule has 0 spiro atoms. The molecule has 1 N–H and O–H groups in total. The first-order chi connectivity index (χ1) is 7.79. The summed E-state index contributed by atoms with van der Waals surface area (Å²) in [5.74, 6) is 0.203. The van der Waals surface area contributed by atoms with Gasteiger partial charge in [0.05, 0.1) is 17.1 Å². The SMILES string of the molecule is CCc1nc(CC(=O)N2CCNCC2)cs1. The van der Waals surface area contributed by atoms with Crippen LogP contribution in [0.1, 0.15) is 17.6 Å². The summed E-state index contributed by atoms with van der Waals surface area (Å²) < 4.78 is 0. The van der Waals surface area contributed by atoms with Crippen LogP contribution in [-0.4, -0.2) is 42.0 Å². The van der Waals surface area contributed by atoms with Crippen molar-refractivity contribution in [1.29, 1.82) is 0 Å². The summed E-state index contributed by atoms with van der Waals surface area (Å²) in [6.07, 6.45) is 1.41. The Morgan fingerprint density at radius 3 is 2.94 bits per heavy atom. The lowest BCUT2D eigenvalue weighted by Crippen LogP contribution is -2.46. The summed E-state index contributed by atoms with van der Waals surface area (Å²) in [5.41, 5.74) is 0.922. The summed E-state index contributed by atoms with van der Waals surface area (Å²) in [6, 6.07) is 0. The standard InChI is InChI=1S/C11H17N3OS/c1-2-10-13-9(8-16-10)7-11(15)14-5-3-12-4-6-14/h8,12H,2-7H2,1H3. The van der Waals surface area contributed by atoms with Crippen LogP contribution in [-0.2, 0) is 17.6 Å². The van der Waals surface area contributed by atoms with Crippen molar-refractivity contribution in [2.24, 2.45) is 0 Å². The number of aromatic nitrogens is 1. The van der Waals surface area contributed by atoms with Gasteiger partial charge in [-0.1, -0.05) is 6.92 Å². The monoisotopic (exact) mass is 239 g/mol. The van der Waals surface area contributed by atoms with E-state index in [1.54, 1.807) is 11.3 Å². The zero-order valence-corrected chi connectivity index (χ0v) is 10.3. The van der Waals surface area contributed by atoms with E-state index in [0.29, 0.717) is 6.42 Å². The minimum atomic E-state index is 0.203. The molecule has 4 nitrogen and oxygen atoms in total. The Kier molecular flexibility index (Phi) is 3.90. The summed E-state index contributed by atoms with van der Waals surface area (Å²) in [7, 11) is 0. The molecule has 0 aromatic carbocycles. The second kappa shape index (κ2) is 5.41. The van der Waals surface area contributed by atoms with Gasteiger partial charge in [0.2, 0.25) is 5.91 Å². The van der Waals surface area contributed by atoms with E-state index in [0.717, 1.165) is 43.3 Å².